The van der Waals surface area contributed by atoms with Gasteiger partial charge in [0.25, 0.3) is 11.8 Å². The summed E-state index contributed by atoms with van der Waals surface area (Å²) in [6.45, 7) is -0.209. The van der Waals surface area contributed by atoms with Gasteiger partial charge in [0, 0.05) is 5.56 Å². The fourth-order valence-electron chi connectivity index (χ4n) is 2.67. The standard InChI is InChI=1S/C19H20N2O3/c20-17(22)12-24-16-8-4-7-15(11-16)19(23)21-18(14-9-10-14)13-5-2-1-3-6-13/h1-8,11,14,18H,9-10,12H2,(H2,20,22)(H,21,23). The van der Waals surface area contributed by atoms with Crippen LogP contribution >= 0.6 is 0 Å². The number of hydrogen-bond donors (Lipinski definition) is 2. The first kappa shape index (κ1) is 16.1. The molecule has 2 aromatic carbocycles. The summed E-state index contributed by atoms with van der Waals surface area (Å²) in [5, 5.41) is 3.12. The van der Waals surface area contributed by atoms with E-state index >= 15 is 0 Å². The van der Waals surface area contributed by atoms with Crippen molar-refractivity contribution in [2.75, 3.05) is 6.61 Å². The average Bonchev–Trinajstić information content (AvgIpc) is 3.43. The van der Waals surface area contributed by atoms with Gasteiger partial charge in [0.15, 0.2) is 6.61 Å². The van der Waals surface area contributed by atoms with E-state index in [-0.39, 0.29) is 18.6 Å². The lowest BCUT2D eigenvalue weighted by atomic mass is 10.0. The lowest BCUT2D eigenvalue weighted by Gasteiger charge is -2.19. The van der Waals surface area contributed by atoms with Crippen molar-refractivity contribution in [3.05, 3.63) is 65.7 Å². The minimum atomic E-state index is -0.553. The van der Waals surface area contributed by atoms with Crippen LogP contribution in [-0.2, 0) is 4.79 Å². The van der Waals surface area contributed by atoms with Crippen molar-refractivity contribution < 1.29 is 14.3 Å². The molecule has 124 valence electrons. The Hall–Kier alpha value is -2.82. The summed E-state index contributed by atoms with van der Waals surface area (Å²) in [4.78, 5) is 23.4. The van der Waals surface area contributed by atoms with Crippen LogP contribution in [0.15, 0.2) is 54.6 Å². The van der Waals surface area contributed by atoms with Gasteiger partial charge in [0.05, 0.1) is 6.04 Å². The number of benzene rings is 2. The SMILES string of the molecule is NC(=O)COc1cccc(C(=O)NC(c2ccccc2)C2CC2)c1. The van der Waals surface area contributed by atoms with Crippen molar-refractivity contribution in [2.24, 2.45) is 11.7 Å². The maximum Gasteiger partial charge on any atom is 0.255 e. The lowest BCUT2D eigenvalue weighted by molar-refractivity contribution is -0.119. The van der Waals surface area contributed by atoms with Gasteiger partial charge in [-0.3, -0.25) is 9.59 Å². The molecular weight excluding hydrogens is 304 g/mol. The number of rotatable bonds is 7. The van der Waals surface area contributed by atoms with Crippen LogP contribution in [-0.4, -0.2) is 18.4 Å². The third kappa shape index (κ3) is 4.13. The first-order chi connectivity index (χ1) is 11.6. The summed E-state index contributed by atoms with van der Waals surface area (Å²) in [5.74, 6) is 0.234. The highest BCUT2D eigenvalue weighted by molar-refractivity contribution is 5.94. The highest BCUT2D eigenvalue weighted by Gasteiger charge is 2.33. The molecule has 0 aliphatic heterocycles. The Morgan fingerprint density at radius 1 is 1.12 bits per heavy atom. The fraction of sp³-hybridized carbons (Fsp3) is 0.263. The normalized spacial score (nSPS) is 14.7. The Bertz CT molecular complexity index is 726. The smallest absolute Gasteiger partial charge is 0.255 e. The molecule has 3 N–H and O–H groups in total. The second-order valence-electron chi connectivity index (χ2n) is 5.98. The van der Waals surface area contributed by atoms with E-state index in [1.54, 1.807) is 24.3 Å². The zero-order valence-electron chi connectivity index (χ0n) is 13.3. The Balaban J connectivity index is 1.71. The highest BCUT2D eigenvalue weighted by atomic mass is 16.5. The van der Waals surface area contributed by atoms with E-state index in [1.165, 1.54) is 0 Å². The molecule has 1 aliphatic carbocycles. The van der Waals surface area contributed by atoms with E-state index in [9.17, 15) is 9.59 Å². The molecule has 0 spiro atoms. The van der Waals surface area contributed by atoms with Crippen molar-refractivity contribution in [1.82, 2.24) is 5.32 Å². The zero-order valence-corrected chi connectivity index (χ0v) is 13.3. The van der Waals surface area contributed by atoms with Crippen LogP contribution in [0.3, 0.4) is 0 Å². The number of amides is 2. The number of ether oxygens (including phenoxy) is 1. The van der Waals surface area contributed by atoms with Gasteiger partial charge in [-0.05, 0) is 42.5 Å². The van der Waals surface area contributed by atoms with Crippen LogP contribution in [0.2, 0.25) is 0 Å². The largest absolute Gasteiger partial charge is 0.484 e. The molecule has 0 heterocycles. The van der Waals surface area contributed by atoms with Crippen LogP contribution < -0.4 is 15.8 Å². The average molecular weight is 324 g/mol. The summed E-state index contributed by atoms with van der Waals surface area (Å²) < 4.78 is 5.25. The molecular formula is C19H20N2O3. The van der Waals surface area contributed by atoms with E-state index in [0.717, 1.165) is 18.4 Å². The van der Waals surface area contributed by atoms with Crippen LogP contribution in [0, 0.1) is 5.92 Å². The van der Waals surface area contributed by atoms with E-state index < -0.39 is 5.91 Å². The first-order valence-corrected chi connectivity index (χ1v) is 8.00. The summed E-state index contributed by atoms with van der Waals surface area (Å²) in [6, 6.07) is 16.8. The van der Waals surface area contributed by atoms with Crippen LogP contribution in [0.25, 0.3) is 0 Å². The van der Waals surface area contributed by atoms with Crippen molar-refractivity contribution in [1.29, 1.82) is 0 Å². The van der Waals surface area contributed by atoms with Crippen molar-refractivity contribution in [3.8, 4) is 5.75 Å². The Kier molecular flexibility index (Phi) is 4.79. The van der Waals surface area contributed by atoms with Gasteiger partial charge in [-0.2, -0.15) is 0 Å². The van der Waals surface area contributed by atoms with Crippen molar-refractivity contribution in [2.45, 2.75) is 18.9 Å². The van der Waals surface area contributed by atoms with E-state index in [1.807, 2.05) is 30.3 Å². The molecule has 0 bridgehead atoms. The third-order valence-electron chi connectivity index (χ3n) is 4.02. The van der Waals surface area contributed by atoms with Gasteiger partial charge in [0.1, 0.15) is 5.75 Å². The van der Waals surface area contributed by atoms with Gasteiger partial charge in [-0.1, -0.05) is 36.4 Å². The Morgan fingerprint density at radius 3 is 2.54 bits per heavy atom. The molecule has 1 saturated carbocycles. The number of carbonyl (C=O) groups is 2. The molecule has 3 rings (SSSR count). The Morgan fingerprint density at radius 2 is 1.88 bits per heavy atom. The molecule has 0 aromatic heterocycles. The molecule has 24 heavy (non-hydrogen) atoms. The van der Waals surface area contributed by atoms with E-state index in [2.05, 4.69) is 5.32 Å². The molecule has 1 atom stereocenters. The molecule has 1 fully saturated rings. The predicted octanol–water partition coefficient (Wildman–Crippen LogP) is 2.43. The van der Waals surface area contributed by atoms with Gasteiger partial charge in [0.2, 0.25) is 0 Å². The van der Waals surface area contributed by atoms with Gasteiger partial charge in [-0.25, -0.2) is 0 Å². The summed E-state index contributed by atoms with van der Waals surface area (Å²) in [6.07, 6.45) is 2.25. The molecule has 0 saturated heterocycles. The number of nitrogens with two attached hydrogens (primary N) is 1. The topological polar surface area (TPSA) is 81.4 Å². The highest BCUT2D eigenvalue weighted by Crippen LogP contribution is 2.41. The number of hydrogen-bond acceptors (Lipinski definition) is 3. The molecule has 1 aliphatic rings. The maximum atomic E-state index is 12.6. The lowest BCUT2D eigenvalue weighted by Crippen LogP contribution is -2.29. The summed E-state index contributed by atoms with van der Waals surface area (Å²) >= 11 is 0. The zero-order chi connectivity index (χ0) is 16.9. The third-order valence-corrected chi connectivity index (χ3v) is 4.02. The maximum absolute atomic E-state index is 12.6. The molecule has 0 radical (unpaired) electrons. The molecule has 2 amide bonds. The van der Waals surface area contributed by atoms with E-state index in [4.69, 9.17) is 10.5 Å². The van der Waals surface area contributed by atoms with Gasteiger partial charge < -0.3 is 15.8 Å². The monoisotopic (exact) mass is 324 g/mol. The number of primary amides is 1. The Labute approximate surface area is 140 Å². The number of carbonyl (C=O) groups excluding carboxylic acids is 2. The molecule has 5 heteroatoms. The molecule has 1 unspecified atom stereocenters. The van der Waals surface area contributed by atoms with Gasteiger partial charge >= 0.3 is 0 Å². The van der Waals surface area contributed by atoms with Crippen LogP contribution in [0.4, 0.5) is 0 Å². The van der Waals surface area contributed by atoms with Crippen molar-refractivity contribution >= 4 is 11.8 Å². The minimum absolute atomic E-state index is 0.0221. The second kappa shape index (κ2) is 7.17. The van der Waals surface area contributed by atoms with Crippen LogP contribution in [0.1, 0.15) is 34.8 Å². The molecule has 5 nitrogen and oxygen atoms in total. The first-order valence-electron chi connectivity index (χ1n) is 8.00. The predicted molar refractivity (Wildman–Crippen MR) is 90.5 cm³/mol. The second-order valence-corrected chi connectivity index (χ2v) is 5.98. The van der Waals surface area contributed by atoms with Gasteiger partial charge in [-0.15, -0.1) is 0 Å². The summed E-state index contributed by atoms with van der Waals surface area (Å²) in [7, 11) is 0. The minimum Gasteiger partial charge on any atom is -0.484 e. The molecule has 2 aromatic rings. The van der Waals surface area contributed by atoms with E-state index in [0.29, 0.717) is 17.2 Å². The van der Waals surface area contributed by atoms with Crippen molar-refractivity contribution in [3.63, 3.8) is 0 Å². The fourth-order valence-corrected chi connectivity index (χ4v) is 2.67. The van der Waals surface area contributed by atoms with Crippen LogP contribution in [0.5, 0.6) is 5.75 Å². The quantitative estimate of drug-likeness (QED) is 0.821. The summed E-state index contributed by atoms with van der Waals surface area (Å²) in [5.41, 5.74) is 6.68. The number of nitrogens with one attached hydrogen (secondary N) is 1.